The number of hydrogen-bond donors (Lipinski definition) is 2. The van der Waals surface area contributed by atoms with Crippen molar-refractivity contribution in [2.75, 3.05) is 11.6 Å². The number of halogens is 1. The lowest BCUT2D eigenvalue weighted by Crippen LogP contribution is -2.23. The lowest BCUT2D eigenvalue weighted by molar-refractivity contribution is 0.202. The SMILES string of the molecule is CC(C)(F)c1nnc(N)n1N. The van der Waals surface area contributed by atoms with Crippen LogP contribution in [0, 0.1) is 0 Å². The number of nitrogens with two attached hydrogens (primary N) is 2. The van der Waals surface area contributed by atoms with Crippen molar-refractivity contribution >= 4 is 5.95 Å². The van der Waals surface area contributed by atoms with Gasteiger partial charge in [0.2, 0.25) is 5.95 Å². The Balaban J connectivity index is 3.15. The highest BCUT2D eigenvalue weighted by Gasteiger charge is 2.26. The molecule has 0 aromatic carbocycles. The molecule has 0 aliphatic rings. The Labute approximate surface area is 63.2 Å². The first-order chi connectivity index (χ1) is 4.93. The second-order valence-corrected chi connectivity index (χ2v) is 2.72. The Morgan fingerprint density at radius 2 is 2.00 bits per heavy atom. The van der Waals surface area contributed by atoms with Crippen molar-refractivity contribution in [2.45, 2.75) is 19.5 Å². The molecule has 0 aliphatic heterocycles. The highest BCUT2D eigenvalue weighted by atomic mass is 19.1. The van der Waals surface area contributed by atoms with Gasteiger partial charge in [0, 0.05) is 0 Å². The van der Waals surface area contributed by atoms with Crippen LogP contribution < -0.4 is 11.6 Å². The molecule has 0 amide bonds. The van der Waals surface area contributed by atoms with E-state index < -0.39 is 5.67 Å². The zero-order valence-electron chi connectivity index (χ0n) is 6.37. The van der Waals surface area contributed by atoms with Crippen LogP contribution >= 0.6 is 0 Å². The van der Waals surface area contributed by atoms with Crippen molar-refractivity contribution in [1.82, 2.24) is 14.9 Å². The highest BCUT2D eigenvalue weighted by Crippen LogP contribution is 2.21. The molecule has 1 aromatic rings. The van der Waals surface area contributed by atoms with Gasteiger partial charge in [-0.25, -0.2) is 9.07 Å². The van der Waals surface area contributed by atoms with Crippen molar-refractivity contribution in [2.24, 2.45) is 0 Å². The van der Waals surface area contributed by atoms with Gasteiger partial charge in [0.1, 0.15) is 0 Å². The highest BCUT2D eigenvalue weighted by molar-refractivity contribution is 5.19. The van der Waals surface area contributed by atoms with E-state index in [0.29, 0.717) is 0 Å². The van der Waals surface area contributed by atoms with E-state index in [2.05, 4.69) is 10.2 Å². The standard InChI is InChI=1S/C5H10FN5/c1-5(2,6)3-9-10-4(7)11(3)8/h8H2,1-2H3,(H2,7,10). The fraction of sp³-hybridized carbons (Fsp3) is 0.600. The van der Waals surface area contributed by atoms with Crippen LogP contribution in [-0.2, 0) is 5.67 Å². The van der Waals surface area contributed by atoms with Gasteiger partial charge in [-0.1, -0.05) is 0 Å². The molecule has 11 heavy (non-hydrogen) atoms. The second kappa shape index (κ2) is 2.08. The third kappa shape index (κ3) is 1.24. The minimum absolute atomic E-state index is 0.00530. The minimum atomic E-state index is -1.61. The molecule has 0 unspecified atom stereocenters. The Hall–Kier alpha value is -1.33. The normalized spacial score (nSPS) is 11.9. The van der Waals surface area contributed by atoms with E-state index in [1.165, 1.54) is 13.8 Å². The van der Waals surface area contributed by atoms with Crippen LogP contribution in [0.4, 0.5) is 10.3 Å². The fourth-order valence-electron chi connectivity index (χ4n) is 0.709. The van der Waals surface area contributed by atoms with E-state index in [9.17, 15) is 4.39 Å². The van der Waals surface area contributed by atoms with Crippen LogP contribution in [0.15, 0.2) is 0 Å². The van der Waals surface area contributed by atoms with Crippen molar-refractivity contribution in [3.63, 3.8) is 0 Å². The lowest BCUT2D eigenvalue weighted by atomic mass is 10.1. The number of alkyl halides is 1. The third-order valence-corrected chi connectivity index (χ3v) is 1.25. The van der Waals surface area contributed by atoms with Crippen LogP contribution in [-0.4, -0.2) is 14.9 Å². The molecule has 1 rings (SSSR count). The molecule has 5 nitrogen and oxygen atoms in total. The van der Waals surface area contributed by atoms with Crippen molar-refractivity contribution < 1.29 is 4.39 Å². The Morgan fingerprint density at radius 1 is 1.45 bits per heavy atom. The summed E-state index contributed by atoms with van der Waals surface area (Å²) in [5, 5.41) is 6.88. The van der Waals surface area contributed by atoms with Gasteiger partial charge in [0.25, 0.3) is 0 Å². The molecule has 0 bridgehead atoms. The summed E-state index contributed by atoms with van der Waals surface area (Å²) in [6.45, 7) is 2.67. The van der Waals surface area contributed by atoms with Gasteiger partial charge in [-0.05, 0) is 13.8 Å². The Kier molecular flexibility index (Phi) is 1.47. The molecule has 0 fully saturated rings. The number of rotatable bonds is 1. The predicted molar refractivity (Wildman–Crippen MR) is 38.7 cm³/mol. The Bertz CT molecular complexity index is 260. The van der Waals surface area contributed by atoms with Crippen molar-refractivity contribution in [3.05, 3.63) is 5.82 Å². The first-order valence-electron chi connectivity index (χ1n) is 3.08. The van der Waals surface area contributed by atoms with Crippen LogP contribution in [0.1, 0.15) is 19.7 Å². The van der Waals surface area contributed by atoms with Gasteiger partial charge in [0.15, 0.2) is 11.5 Å². The zero-order chi connectivity index (χ0) is 8.65. The van der Waals surface area contributed by atoms with E-state index in [1.807, 2.05) is 0 Å². The maximum Gasteiger partial charge on any atom is 0.240 e. The van der Waals surface area contributed by atoms with E-state index in [4.69, 9.17) is 11.6 Å². The van der Waals surface area contributed by atoms with E-state index in [-0.39, 0.29) is 11.8 Å². The second-order valence-electron chi connectivity index (χ2n) is 2.72. The van der Waals surface area contributed by atoms with Crippen LogP contribution in [0.2, 0.25) is 0 Å². The van der Waals surface area contributed by atoms with Gasteiger partial charge in [-0.3, -0.25) is 0 Å². The molecule has 0 saturated heterocycles. The maximum absolute atomic E-state index is 13.1. The average molecular weight is 159 g/mol. The minimum Gasteiger partial charge on any atom is -0.366 e. The van der Waals surface area contributed by atoms with E-state index in [1.54, 1.807) is 0 Å². The zero-order valence-corrected chi connectivity index (χ0v) is 6.37. The van der Waals surface area contributed by atoms with Crippen molar-refractivity contribution in [3.8, 4) is 0 Å². The summed E-state index contributed by atoms with van der Waals surface area (Å²) in [6.07, 6.45) is 0. The summed E-state index contributed by atoms with van der Waals surface area (Å²) >= 11 is 0. The van der Waals surface area contributed by atoms with Gasteiger partial charge < -0.3 is 11.6 Å². The molecule has 6 heteroatoms. The maximum atomic E-state index is 13.1. The number of hydrogen-bond acceptors (Lipinski definition) is 4. The van der Waals surface area contributed by atoms with Crippen LogP contribution in [0.3, 0.4) is 0 Å². The summed E-state index contributed by atoms with van der Waals surface area (Å²) in [7, 11) is 0. The molecular formula is C5H10FN5. The topological polar surface area (TPSA) is 82.8 Å². The number of nitrogens with zero attached hydrogens (tertiary/aromatic N) is 3. The molecule has 0 spiro atoms. The summed E-state index contributed by atoms with van der Waals surface area (Å²) in [6, 6.07) is 0. The smallest absolute Gasteiger partial charge is 0.240 e. The van der Waals surface area contributed by atoms with Gasteiger partial charge >= 0.3 is 0 Å². The monoisotopic (exact) mass is 159 g/mol. The van der Waals surface area contributed by atoms with Gasteiger partial charge in [0.05, 0.1) is 0 Å². The summed E-state index contributed by atoms with van der Waals surface area (Å²) < 4.78 is 14.1. The number of anilines is 1. The third-order valence-electron chi connectivity index (χ3n) is 1.25. The molecule has 1 heterocycles. The van der Waals surface area contributed by atoms with Gasteiger partial charge in [-0.2, -0.15) is 0 Å². The summed E-state index contributed by atoms with van der Waals surface area (Å²) in [5.41, 5.74) is 3.62. The Morgan fingerprint density at radius 3 is 2.18 bits per heavy atom. The van der Waals surface area contributed by atoms with Gasteiger partial charge in [-0.15, -0.1) is 10.2 Å². The fourth-order valence-corrected chi connectivity index (χ4v) is 0.709. The lowest BCUT2D eigenvalue weighted by Gasteiger charge is -2.11. The largest absolute Gasteiger partial charge is 0.366 e. The molecular weight excluding hydrogens is 149 g/mol. The molecule has 0 atom stereocenters. The van der Waals surface area contributed by atoms with E-state index >= 15 is 0 Å². The van der Waals surface area contributed by atoms with E-state index in [0.717, 1.165) is 4.68 Å². The molecule has 0 saturated carbocycles. The molecule has 4 N–H and O–H groups in total. The summed E-state index contributed by atoms with van der Waals surface area (Å²) in [4.78, 5) is 0. The molecule has 0 aliphatic carbocycles. The number of aromatic nitrogens is 3. The number of nitrogen functional groups attached to an aromatic ring is 2. The average Bonchev–Trinajstić information content (AvgIpc) is 2.11. The first kappa shape index (κ1) is 7.77. The van der Waals surface area contributed by atoms with Crippen LogP contribution in [0.5, 0.6) is 0 Å². The molecule has 62 valence electrons. The first-order valence-corrected chi connectivity index (χ1v) is 3.08. The van der Waals surface area contributed by atoms with Crippen LogP contribution in [0.25, 0.3) is 0 Å². The molecule has 1 aromatic heterocycles. The predicted octanol–water partition coefficient (Wildman–Crippen LogP) is -0.221. The summed E-state index contributed by atoms with van der Waals surface area (Å²) in [5.74, 6) is 5.34. The molecule has 0 radical (unpaired) electrons. The van der Waals surface area contributed by atoms with Crippen molar-refractivity contribution in [1.29, 1.82) is 0 Å². The quantitative estimate of drug-likeness (QED) is 0.555.